The number of carbonyl (C=O) groups is 4. The number of ether oxygens (including phenoxy) is 4. The maximum Gasteiger partial charge on any atom is 0.410 e. The van der Waals surface area contributed by atoms with Gasteiger partial charge < -0.3 is 34.5 Å². The highest BCUT2D eigenvalue weighted by Crippen LogP contribution is 2.09. The fourth-order valence-corrected chi connectivity index (χ4v) is 1.86. The summed E-state index contributed by atoms with van der Waals surface area (Å²) in [6.45, 7) is 5.42. The van der Waals surface area contributed by atoms with Crippen LogP contribution >= 0.6 is 11.8 Å². The van der Waals surface area contributed by atoms with Crippen LogP contribution in [0.4, 0.5) is 9.59 Å². The maximum atomic E-state index is 11.5. The van der Waals surface area contributed by atoms with E-state index in [1.54, 1.807) is 27.7 Å². The fraction of sp³-hybridized carbons (Fsp3) is 0.733. The Labute approximate surface area is 160 Å². The molecule has 1 amide bonds. The topological polar surface area (TPSA) is 158 Å². The lowest BCUT2D eigenvalue weighted by molar-refractivity contribution is -0.168. The molecule has 0 aromatic carbocycles. The lowest BCUT2D eigenvalue weighted by atomic mass is 10.2. The summed E-state index contributed by atoms with van der Waals surface area (Å²) in [6, 6.07) is -1.45. The average Bonchev–Trinajstić information content (AvgIpc) is 2.57. The number of nitrogens with one attached hydrogen (secondary N) is 1. The Morgan fingerprint density at radius 1 is 1.00 bits per heavy atom. The van der Waals surface area contributed by atoms with E-state index in [-0.39, 0.29) is 11.7 Å². The summed E-state index contributed by atoms with van der Waals surface area (Å²) in [5, 5.41) is 19.6. The molecule has 0 bridgehead atoms. The molecule has 0 aliphatic carbocycles. The number of esters is 1. The summed E-state index contributed by atoms with van der Waals surface area (Å²) in [4.78, 5) is 45.3. The number of aliphatic hydroxyl groups excluding tert-OH is 1. The van der Waals surface area contributed by atoms with Gasteiger partial charge in [-0.1, -0.05) is 27.7 Å². The van der Waals surface area contributed by atoms with Crippen LogP contribution < -0.4 is 5.32 Å². The van der Waals surface area contributed by atoms with Gasteiger partial charge in [-0.2, -0.15) is 0 Å². The third-order valence-corrected chi connectivity index (χ3v) is 3.66. The molecular weight excluding hydrogens is 386 g/mol. The third kappa shape index (κ3) is 12.0. The lowest BCUT2D eigenvalue weighted by Gasteiger charge is -2.16. The SMILES string of the molecule is CC(C)C(=O)OCOC(=O)N[C@@H](CSC(=O)OCOC(O)C(C)C)C(=O)O. The van der Waals surface area contributed by atoms with E-state index in [1.807, 2.05) is 5.32 Å². The number of aliphatic hydroxyl groups is 1. The van der Waals surface area contributed by atoms with Gasteiger partial charge in [0.15, 0.2) is 13.1 Å². The molecule has 0 rings (SSSR count). The Morgan fingerprint density at radius 3 is 2.15 bits per heavy atom. The first-order chi connectivity index (χ1) is 12.5. The number of hydrogen-bond acceptors (Lipinski definition) is 10. The lowest BCUT2D eigenvalue weighted by Crippen LogP contribution is -2.43. The Hall–Kier alpha value is -2.05. The zero-order valence-corrected chi connectivity index (χ0v) is 16.3. The molecule has 11 nitrogen and oxygen atoms in total. The standard InChI is InChI=1S/C15H25NO10S/c1-8(2)12(19)23-6-25-14(21)16-10(11(17)18)5-27-15(22)26-7-24-13(20)9(3)4/h8-10,13,20H,5-7H2,1-4H3,(H,16,21)(H,17,18)/t10-,13?/m0/s1. The molecule has 0 aliphatic heterocycles. The molecule has 2 atom stereocenters. The molecule has 156 valence electrons. The normalized spacial score (nSPS) is 13.0. The minimum atomic E-state index is -1.45. The molecule has 0 aromatic rings. The second-order valence-corrected chi connectivity index (χ2v) is 6.78. The van der Waals surface area contributed by atoms with E-state index in [0.29, 0.717) is 11.8 Å². The van der Waals surface area contributed by atoms with Gasteiger partial charge in [0.25, 0.3) is 0 Å². The molecule has 12 heteroatoms. The summed E-state index contributed by atoms with van der Waals surface area (Å²) in [5.41, 5.74) is 0. The zero-order chi connectivity index (χ0) is 21.0. The molecular formula is C15H25NO10S. The van der Waals surface area contributed by atoms with Gasteiger partial charge in [-0.05, 0) is 11.8 Å². The number of aliphatic carboxylic acids is 1. The van der Waals surface area contributed by atoms with Crippen LogP contribution in [0.2, 0.25) is 0 Å². The largest absolute Gasteiger partial charge is 0.480 e. The van der Waals surface area contributed by atoms with E-state index in [9.17, 15) is 24.3 Å². The van der Waals surface area contributed by atoms with Crippen molar-refractivity contribution in [1.82, 2.24) is 5.32 Å². The predicted molar refractivity (Wildman–Crippen MR) is 92.6 cm³/mol. The van der Waals surface area contributed by atoms with Crippen LogP contribution in [0.25, 0.3) is 0 Å². The predicted octanol–water partition coefficient (Wildman–Crippen LogP) is 1.14. The minimum Gasteiger partial charge on any atom is -0.480 e. The van der Waals surface area contributed by atoms with Gasteiger partial charge in [0.05, 0.1) is 5.92 Å². The van der Waals surface area contributed by atoms with Gasteiger partial charge in [0.2, 0.25) is 6.79 Å². The molecule has 0 saturated heterocycles. The molecule has 0 aliphatic rings. The Bertz CT molecular complexity index is 511. The first-order valence-corrected chi connectivity index (χ1v) is 8.95. The van der Waals surface area contributed by atoms with Crippen LogP contribution in [0.5, 0.6) is 0 Å². The number of carboxylic acid groups (broad SMARTS) is 1. The third-order valence-electron chi connectivity index (χ3n) is 2.81. The van der Waals surface area contributed by atoms with Gasteiger partial charge in [-0.3, -0.25) is 4.79 Å². The van der Waals surface area contributed by atoms with Crippen LogP contribution in [0.3, 0.4) is 0 Å². The van der Waals surface area contributed by atoms with Crippen molar-refractivity contribution in [3.05, 3.63) is 0 Å². The van der Waals surface area contributed by atoms with Crippen LogP contribution in [0.1, 0.15) is 27.7 Å². The second kappa shape index (κ2) is 13.2. The summed E-state index contributed by atoms with van der Waals surface area (Å²) in [5.74, 6) is -2.93. The van der Waals surface area contributed by atoms with E-state index in [1.165, 1.54) is 0 Å². The average molecular weight is 411 g/mol. The number of thioether (sulfide) groups is 1. The molecule has 0 aromatic heterocycles. The molecule has 0 saturated carbocycles. The van der Waals surface area contributed by atoms with Gasteiger partial charge in [-0.25, -0.2) is 14.4 Å². The van der Waals surface area contributed by atoms with Gasteiger partial charge >= 0.3 is 23.3 Å². The number of hydrogen-bond donors (Lipinski definition) is 3. The highest BCUT2D eigenvalue weighted by atomic mass is 32.2. The van der Waals surface area contributed by atoms with Crippen molar-refractivity contribution >= 4 is 35.1 Å². The first kappa shape index (κ1) is 24.9. The number of amides is 1. The Morgan fingerprint density at radius 2 is 1.63 bits per heavy atom. The minimum absolute atomic E-state index is 0.192. The van der Waals surface area contributed by atoms with Gasteiger partial charge in [-0.15, -0.1) is 0 Å². The number of alkyl carbamates (subject to hydrolysis) is 1. The molecule has 0 heterocycles. The quantitative estimate of drug-likeness (QED) is 0.331. The van der Waals surface area contributed by atoms with Crippen LogP contribution in [0, 0.1) is 11.8 Å². The van der Waals surface area contributed by atoms with E-state index in [0.717, 1.165) is 0 Å². The van der Waals surface area contributed by atoms with Gasteiger partial charge in [0.1, 0.15) is 6.04 Å². The maximum absolute atomic E-state index is 11.5. The summed E-state index contributed by atoms with van der Waals surface area (Å²) in [6.07, 6.45) is -2.23. The number of carbonyl (C=O) groups excluding carboxylic acids is 3. The molecule has 1 unspecified atom stereocenters. The van der Waals surface area contributed by atoms with E-state index in [2.05, 4.69) is 14.2 Å². The Kier molecular flexibility index (Phi) is 12.2. The molecule has 0 fully saturated rings. The summed E-state index contributed by atoms with van der Waals surface area (Å²) >= 11 is 0.488. The van der Waals surface area contributed by atoms with Crippen LogP contribution in [-0.4, -0.2) is 65.2 Å². The Balaban J connectivity index is 4.18. The number of carboxylic acids is 1. The van der Waals surface area contributed by atoms with Crippen molar-refractivity contribution in [3.8, 4) is 0 Å². The van der Waals surface area contributed by atoms with Crippen molar-refractivity contribution in [1.29, 1.82) is 0 Å². The van der Waals surface area contributed by atoms with Crippen molar-refractivity contribution in [3.63, 3.8) is 0 Å². The summed E-state index contributed by atoms with van der Waals surface area (Å²) in [7, 11) is 0. The molecule has 0 spiro atoms. The molecule has 27 heavy (non-hydrogen) atoms. The monoisotopic (exact) mass is 411 g/mol. The van der Waals surface area contributed by atoms with E-state index >= 15 is 0 Å². The second-order valence-electron chi connectivity index (χ2n) is 5.83. The van der Waals surface area contributed by atoms with Crippen LogP contribution in [-0.2, 0) is 28.5 Å². The summed E-state index contributed by atoms with van der Waals surface area (Å²) < 4.78 is 18.6. The number of rotatable bonds is 11. The van der Waals surface area contributed by atoms with Crippen LogP contribution in [0.15, 0.2) is 0 Å². The first-order valence-electron chi connectivity index (χ1n) is 7.96. The highest BCUT2D eigenvalue weighted by molar-refractivity contribution is 8.13. The zero-order valence-electron chi connectivity index (χ0n) is 15.5. The van der Waals surface area contributed by atoms with Crippen molar-refractivity contribution in [2.45, 2.75) is 40.0 Å². The van der Waals surface area contributed by atoms with E-state index < -0.39 is 55.2 Å². The fourth-order valence-electron chi connectivity index (χ4n) is 1.20. The van der Waals surface area contributed by atoms with Crippen molar-refractivity contribution < 1.29 is 48.3 Å². The smallest absolute Gasteiger partial charge is 0.410 e. The van der Waals surface area contributed by atoms with Gasteiger partial charge in [0, 0.05) is 11.7 Å². The van der Waals surface area contributed by atoms with Crippen molar-refractivity contribution in [2.24, 2.45) is 11.8 Å². The highest BCUT2D eigenvalue weighted by Gasteiger charge is 2.23. The molecule has 0 radical (unpaired) electrons. The molecule has 3 N–H and O–H groups in total. The van der Waals surface area contributed by atoms with E-state index in [4.69, 9.17) is 9.84 Å². The van der Waals surface area contributed by atoms with Crippen molar-refractivity contribution in [2.75, 3.05) is 19.3 Å².